The second-order valence-electron chi connectivity index (χ2n) is 4.09. The SMILES string of the molecule is C=CCNC(=O)C(C)Oc1ccc(CNC)cc1F. The molecule has 0 aromatic heterocycles. The van der Waals surface area contributed by atoms with Gasteiger partial charge in [-0.2, -0.15) is 0 Å². The summed E-state index contributed by atoms with van der Waals surface area (Å²) >= 11 is 0. The van der Waals surface area contributed by atoms with Gasteiger partial charge >= 0.3 is 0 Å². The summed E-state index contributed by atoms with van der Waals surface area (Å²) in [6.45, 7) is 6.00. The van der Waals surface area contributed by atoms with Gasteiger partial charge in [-0.1, -0.05) is 12.1 Å². The summed E-state index contributed by atoms with van der Waals surface area (Å²) in [6.07, 6.45) is 0.808. The van der Waals surface area contributed by atoms with Crippen LogP contribution >= 0.6 is 0 Å². The first kappa shape index (κ1) is 15.2. The summed E-state index contributed by atoms with van der Waals surface area (Å²) in [5, 5.41) is 5.52. The van der Waals surface area contributed by atoms with Gasteiger partial charge in [0.15, 0.2) is 17.7 Å². The van der Waals surface area contributed by atoms with Crippen molar-refractivity contribution in [3.8, 4) is 5.75 Å². The minimum atomic E-state index is -0.760. The van der Waals surface area contributed by atoms with Crippen LogP contribution in [0.1, 0.15) is 12.5 Å². The molecule has 0 aliphatic heterocycles. The normalized spacial score (nSPS) is 11.7. The number of carbonyl (C=O) groups excluding carboxylic acids is 1. The van der Waals surface area contributed by atoms with Crippen LogP contribution in [0.4, 0.5) is 4.39 Å². The van der Waals surface area contributed by atoms with E-state index in [1.165, 1.54) is 12.1 Å². The van der Waals surface area contributed by atoms with Crippen molar-refractivity contribution < 1.29 is 13.9 Å². The van der Waals surface area contributed by atoms with E-state index in [1.54, 1.807) is 26.1 Å². The van der Waals surface area contributed by atoms with Crippen LogP contribution < -0.4 is 15.4 Å². The molecule has 0 saturated carbocycles. The maximum Gasteiger partial charge on any atom is 0.261 e. The first-order chi connectivity index (χ1) is 9.08. The quantitative estimate of drug-likeness (QED) is 0.737. The Morgan fingerprint density at radius 3 is 2.89 bits per heavy atom. The van der Waals surface area contributed by atoms with E-state index in [-0.39, 0.29) is 11.7 Å². The fraction of sp³-hybridized carbons (Fsp3) is 0.357. The molecular weight excluding hydrogens is 247 g/mol. The summed E-state index contributed by atoms with van der Waals surface area (Å²) < 4.78 is 19.0. The van der Waals surface area contributed by atoms with E-state index in [2.05, 4.69) is 17.2 Å². The van der Waals surface area contributed by atoms with Crippen molar-refractivity contribution in [2.75, 3.05) is 13.6 Å². The maximum absolute atomic E-state index is 13.7. The minimum Gasteiger partial charge on any atom is -0.478 e. The highest BCUT2D eigenvalue weighted by Crippen LogP contribution is 2.19. The number of hydrogen-bond donors (Lipinski definition) is 2. The van der Waals surface area contributed by atoms with Gasteiger partial charge in [-0.25, -0.2) is 4.39 Å². The maximum atomic E-state index is 13.7. The van der Waals surface area contributed by atoms with E-state index >= 15 is 0 Å². The Hall–Kier alpha value is -1.88. The topological polar surface area (TPSA) is 50.4 Å². The highest BCUT2D eigenvalue weighted by molar-refractivity contribution is 5.80. The number of halogens is 1. The Kier molecular flexibility index (Phi) is 6.02. The van der Waals surface area contributed by atoms with Crippen molar-refractivity contribution in [1.29, 1.82) is 0 Å². The molecule has 19 heavy (non-hydrogen) atoms. The third kappa shape index (κ3) is 4.71. The molecule has 4 nitrogen and oxygen atoms in total. The smallest absolute Gasteiger partial charge is 0.261 e. The summed E-state index contributed by atoms with van der Waals surface area (Å²) in [4.78, 5) is 11.6. The first-order valence-electron chi connectivity index (χ1n) is 6.06. The molecule has 0 saturated heterocycles. The summed E-state index contributed by atoms with van der Waals surface area (Å²) in [6, 6.07) is 4.67. The van der Waals surface area contributed by atoms with Crippen molar-refractivity contribution in [2.24, 2.45) is 0 Å². The largest absolute Gasteiger partial charge is 0.478 e. The van der Waals surface area contributed by atoms with Crippen LogP contribution in [0.5, 0.6) is 5.75 Å². The molecule has 5 heteroatoms. The number of carbonyl (C=O) groups is 1. The molecule has 104 valence electrons. The van der Waals surface area contributed by atoms with Gasteiger partial charge in [-0.05, 0) is 31.7 Å². The molecule has 1 aromatic rings. The van der Waals surface area contributed by atoms with E-state index < -0.39 is 11.9 Å². The van der Waals surface area contributed by atoms with E-state index in [9.17, 15) is 9.18 Å². The highest BCUT2D eigenvalue weighted by atomic mass is 19.1. The van der Waals surface area contributed by atoms with Gasteiger partial charge in [-0.3, -0.25) is 4.79 Å². The van der Waals surface area contributed by atoms with Gasteiger partial charge < -0.3 is 15.4 Å². The molecule has 0 radical (unpaired) electrons. The van der Waals surface area contributed by atoms with Gasteiger partial charge in [-0.15, -0.1) is 6.58 Å². The van der Waals surface area contributed by atoms with Crippen LogP contribution in [0.3, 0.4) is 0 Å². The van der Waals surface area contributed by atoms with Crippen LogP contribution in [0.25, 0.3) is 0 Å². The molecular formula is C14H19FN2O2. The average Bonchev–Trinajstić information content (AvgIpc) is 2.39. The van der Waals surface area contributed by atoms with Crippen molar-refractivity contribution in [3.63, 3.8) is 0 Å². The number of benzene rings is 1. The van der Waals surface area contributed by atoms with E-state index in [0.29, 0.717) is 13.1 Å². The zero-order valence-corrected chi connectivity index (χ0v) is 11.2. The van der Waals surface area contributed by atoms with Crippen LogP contribution in [-0.4, -0.2) is 25.6 Å². The Labute approximate surface area is 112 Å². The fourth-order valence-corrected chi connectivity index (χ4v) is 1.51. The lowest BCUT2D eigenvalue weighted by molar-refractivity contribution is -0.127. The number of hydrogen-bond acceptors (Lipinski definition) is 3. The highest BCUT2D eigenvalue weighted by Gasteiger charge is 2.15. The molecule has 1 atom stereocenters. The van der Waals surface area contributed by atoms with Gasteiger partial charge in [0.25, 0.3) is 5.91 Å². The standard InChI is InChI=1S/C14H19FN2O2/c1-4-7-17-14(18)10(2)19-13-6-5-11(9-16-3)8-12(13)15/h4-6,8,10,16H,1,7,9H2,2-3H3,(H,17,18). The van der Waals surface area contributed by atoms with Gasteiger partial charge in [0, 0.05) is 13.1 Å². The molecule has 1 rings (SSSR count). The average molecular weight is 266 g/mol. The first-order valence-corrected chi connectivity index (χ1v) is 6.06. The molecule has 0 heterocycles. The Bertz CT molecular complexity index is 449. The van der Waals surface area contributed by atoms with Crippen LogP contribution in [0.2, 0.25) is 0 Å². The molecule has 0 aliphatic rings. The van der Waals surface area contributed by atoms with Crippen LogP contribution in [-0.2, 0) is 11.3 Å². The van der Waals surface area contributed by atoms with Crippen molar-refractivity contribution in [1.82, 2.24) is 10.6 Å². The van der Waals surface area contributed by atoms with E-state index in [1.807, 2.05) is 0 Å². The molecule has 0 fully saturated rings. The Balaban J connectivity index is 2.66. The van der Waals surface area contributed by atoms with Crippen molar-refractivity contribution in [3.05, 3.63) is 42.2 Å². The number of amides is 1. The Morgan fingerprint density at radius 2 is 2.32 bits per heavy atom. The number of ether oxygens (including phenoxy) is 1. The number of nitrogens with one attached hydrogen (secondary N) is 2. The molecule has 0 bridgehead atoms. The Morgan fingerprint density at radius 1 is 1.58 bits per heavy atom. The molecule has 0 spiro atoms. The lowest BCUT2D eigenvalue weighted by Crippen LogP contribution is -2.36. The van der Waals surface area contributed by atoms with E-state index in [4.69, 9.17) is 4.74 Å². The van der Waals surface area contributed by atoms with Crippen LogP contribution in [0.15, 0.2) is 30.9 Å². The lowest BCUT2D eigenvalue weighted by atomic mass is 10.2. The minimum absolute atomic E-state index is 0.0705. The third-order valence-electron chi connectivity index (χ3n) is 2.47. The fourth-order valence-electron chi connectivity index (χ4n) is 1.51. The third-order valence-corrected chi connectivity index (χ3v) is 2.47. The van der Waals surface area contributed by atoms with Crippen molar-refractivity contribution in [2.45, 2.75) is 19.6 Å². The lowest BCUT2D eigenvalue weighted by Gasteiger charge is -2.15. The molecule has 1 amide bonds. The number of rotatable bonds is 7. The van der Waals surface area contributed by atoms with Gasteiger partial charge in [0.1, 0.15) is 0 Å². The molecule has 1 unspecified atom stereocenters. The summed E-state index contributed by atoms with van der Waals surface area (Å²) in [7, 11) is 1.79. The summed E-state index contributed by atoms with van der Waals surface area (Å²) in [5.74, 6) is -0.712. The predicted octanol–water partition coefficient (Wildman–Crippen LogP) is 1.61. The van der Waals surface area contributed by atoms with Crippen LogP contribution in [0, 0.1) is 5.82 Å². The summed E-state index contributed by atoms with van der Waals surface area (Å²) in [5.41, 5.74) is 0.816. The molecule has 2 N–H and O–H groups in total. The second-order valence-corrected chi connectivity index (χ2v) is 4.09. The second kappa shape index (κ2) is 7.53. The zero-order chi connectivity index (χ0) is 14.3. The van der Waals surface area contributed by atoms with Gasteiger partial charge in [0.2, 0.25) is 0 Å². The molecule has 1 aromatic carbocycles. The van der Waals surface area contributed by atoms with Gasteiger partial charge in [0.05, 0.1) is 0 Å². The van der Waals surface area contributed by atoms with Crippen molar-refractivity contribution >= 4 is 5.91 Å². The molecule has 0 aliphatic carbocycles. The monoisotopic (exact) mass is 266 g/mol. The zero-order valence-electron chi connectivity index (χ0n) is 11.2. The predicted molar refractivity (Wildman–Crippen MR) is 72.5 cm³/mol. The van der Waals surface area contributed by atoms with E-state index in [0.717, 1.165) is 5.56 Å².